The SMILES string of the molecule is Cn1nncc1CNC(=O)c1ccc(F)c(COCC2CC2)c1. The largest absolute Gasteiger partial charge is 0.376 e. The number of carbonyl (C=O) groups excluding carboxylic acids is 1. The van der Waals surface area contributed by atoms with E-state index in [1.54, 1.807) is 24.0 Å². The van der Waals surface area contributed by atoms with E-state index in [0.29, 0.717) is 30.2 Å². The molecule has 0 spiro atoms. The van der Waals surface area contributed by atoms with Gasteiger partial charge in [-0.05, 0) is 37.0 Å². The van der Waals surface area contributed by atoms with Crippen LogP contribution >= 0.6 is 0 Å². The Hall–Kier alpha value is -2.28. The van der Waals surface area contributed by atoms with Crippen molar-refractivity contribution < 1.29 is 13.9 Å². The van der Waals surface area contributed by atoms with Crippen LogP contribution in [0.3, 0.4) is 0 Å². The van der Waals surface area contributed by atoms with Crippen molar-refractivity contribution in [3.63, 3.8) is 0 Å². The predicted octanol–water partition coefficient (Wildman–Crippen LogP) is 1.81. The summed E-state index contributed by atoms with van der Waals surface area (Å²) in [5.41, 5.74) is 1.60. The number of carbonyl (C=O) groups is 1. The van der Waals surface area contributed by atoms with Gasteiger partial charge in [0.1, 0.15) is 5.82 Å². The van der Waals surface area contributed by atoms with Crippen molar-refractivity contribution >= 4 is 5.91 Å². The van der Waals surface area contributed by atoms with Crippen molar-refractivity contribution in [3.05, 3.63) is 47.0 Å². The molecule has 0 radical (unpaired) electrons. The number of rotatable bonds is 7. The summed E-state index contributed by atoms with van der Waals surface area (Å²) in [6.45, 7) is 1.16. The molecule has 122 valence electrons. The second kappa shape index (κ2) is 6.87. The Morgan fingerprint density at radius 1 is 1.48 bits per heavy atom. The van der Waals surface area contributed by atoms with Crippen LogP contribution in [0.15, 0.2) is 24.4 Å². The molecule has 0 unspecified atom stereocenters. The summed E-state index contributed by atoms with van der Waals surface area (Å²) in [6.07, 6.45) is 3.96. The standard InChI is InChI=1S/C16H19FN4O2/c1-21-14(8-19-20-21)7-18-16(22)12-4-5-15(17)13(6-12)10-23-9-11-2-3-11/h4-6,8,11H,2-3,7,9-10H2,1H3,(H,18,22). The molecule has 3 rings (SSSR count). The van der Waals surface area contributed by atoms with Gasteiger partial charge in [0.25, 0.3) is 5.91 Å². The molecule has 23 heavy (non-hydrogen) atoms. The molecular formula is C16H19FN4O2. The lowest BCUT2D eigenvalue weighted by Gasteiger charge is -2.09. The molecule has 1 aliphatic carbocycles. The maximum absolute atomic E-state index is 13.8. The molecule has 0 saturated heterocycles. The number of nitrogens with zero attached hydrogens (tertiary/aromatic N) is 3. The Morgan fingerprint density at radius 3 is 3.00 bits per heavy atom. The summed E-state index contributed by atoms with van der Waals surface area (Å²) < 4.78 is 20.9. The number of hydrogen-bond acceptors (Lipinski definition) is 4. The highest BCUT2D eigenvalue weighted by Crippen LogP contribution is 2.29. The van der Waals surface area contributed by atoms with Crippen molar-refractivity contribution in [1.82, 2.24) is 20.3 Å². The Morgan fingerprint density at radius 2 is 2.30 bits per heavy atom. The Bertz CT molecular complexity index is 697. The van der Waals surface area contributed by atoms with E-state index < -0.39 is 0 Å². The van der Waals surface area contributed by atoms with Gasteiger partial charge in [0.15, 0.2) is 0 Å². The maximum atomic E-state index is 13.8. The first-order valence-corrected chi connectivity index (χ1v) is 7.61. The molecule has 1 N–H and O–H groups in total. The summed E-state index contributed by atoms with van der Waals surface area (Å²) in [4.78, 5) is 12.2. The van der Waals surface area contributed by atoms with Crippen LogP contribution in [0.2, 0.25) is 0 Å². The van der Waals surface area contributed by atoms with Gasteiger partial charge < -0.3 is 10.1 Å². The Balaban J connectivity index is 1.59. The number of halogens is 1. The fourth-order valence-electron chi connectivity index (χ4n) is 2.19. The molecule has 1 saturated carbocycles. The number of hydrogen-bond donors (Lipinski definition) is 1. The molecule has 2 aromatic rings. The third-order valence-electron chi connectivity index (χ3n) is 3.85. The van der Waals surface area contributed by atoms with E-state index in [2.05, 4.69) is 15.6 Å². The molecule has 0 bridgehead atoms. The van der Waals surface area contributed by atoms with Crippen LogP contribution in [0.4, 0.5) is 4.39 Å². The average Bonchev–Trinajstić information content (AvgIpc) is 3.27. The number of benzene rings is 1. The van der Waals surface area contributed by atoms with Gasteiger partial charge in [-0.2, -0.15) is 0 Å². The minimum absolute atomic E-state index is 0.190. The molecule has 7 heteroatoms. The van der Waals surface area contributed by atoms with Crippen LogP contribution in [-0.4, -0.2) is 27.5 Å². The highest BCUT2D eigenvalue weighted by Gasteiger charge is 2.21. The summed E-state index contributed by atoms with van der Waals surface area (Å²) in [6, 6.07) is 4.31. The van der Waals surface area contributed by atoms with E-state index in [1.165, 1.54) is 25.0 Å². The number of nitrogens with one attached hydrogen (secondary N) is 1. The van der Waals surface area contributed by atoms with E-state index in [9.17, 15) is 9.18 Å². The highest BCUT2D eigenvalue weighted by molar-refractivity contribution is 5.94. The van der Waals surface area contributed by atoms with Gasteiger partial charge in [0.05, 0.1) is 25.0 Å². The fourth-order valence-corrected chi connectivity index (χ4v) is 2.19. The lowest BCUT2D eigenvalue weighted by molar-refractivity contribution is 0.0948. The lowest BCUT2D eigenvalue weighted by Crippen LogP contribution is -2.24. The molecule has 1 amide bonds. The van der Waals surface area contributed by atoms with Crippen molar-refractivity contribution in [3.8, 4) is 0 Å². The van der Waals surface area contributed by atoms with Crippen molar-refractivity contribution in [2.24, 2.45) is 13.0 Å². The summed E-state index contributed by atoms with van der Waals surface area (Å²) in [5, 5.41) is 10.3. The van der Waals surface area contributed by atoms with Gasteiger partial charge in [-0.15, -0.1) is 5.10 Å². The second-order valence-electron chi connectivity index (χ2n) is 5.80. The van der Waals surface area contributed by atoms with Gasteiger partial charge in [0, 0.05) is 24.8 Å². The molecule has 1 aromatic carbocycles. The molecule has 1 heterocycles. The topological polar surface area (TPSA) is 69.0 Å². The molecule has 1 fully saturated rings. The van der Waals surface area contributed by atoms with Gasteiger partial charge in [-0.1, -0.05) is 5.21 Å². The van der Waals surface area contributed by atoms with E-state index in [4.69, 9.17) is 4.74 Å². The fraction of sp³-hybridized carbons (Fsp3) is 0.438. The quantitative estimate of drug-likeness (QED) is 0.845. The minimum Gasteiger partial charge on any atom is -0.376 e. The first-order valence-electron chi connectivity index (χ1n) is 7.61. The van der Waals surface area contributed by atoms with Gasteiger partial charge in [-0.25, -0.2) is 4.39 Å². The van der Waals surface area contributed by atoms with Crippen LogP contribution in [-0.2, 0) is 24.9 Å². The van der Waals surface area contributed by atoms with E-state index in [-0.39, 0.29) is 18.3 Å². The zero-order valence-electron chi connectivity index (χ0n) is 13.0. The van der Waals surface area contributed by atoms with Crippen molar-refractivity contribution in [2.45, 2.75) is 26.0 Å². The molecule has 0 aliphatic heterocycles. The van der Waals surface area contributed by atoms with Gasteiger partial charge >= 0.3 is 0 Å². The number of amides is 1. The highest BCUT2D eigenvalue weighted by atomic mass is 19.1. The number of aromatic nitrogens is 3. The zero-order valence-corrected chi connectivity index (χ0v) is 13.0. The maximum Gasteiger partial charge on any atom is 0.251 e. The van der Waals surface area contributed by atoms with Crippen LogP contribution in [0.5, 0.6) is 0 Å². The van der Waals surface area contributed by atoms with Gasteiger partial charge in [-0.3, -0.25) is 9.48 Å². The van der Waals surface area contributed by atoms with E-state index >= 15 is 0 Å². The van der Waals surface area contributed by atoms with Crippen LogP contribution in [0.1, 0.15) is 34.5 Å². The van der Waals surface area contributed by atoms with Crippen molar-refractivity contribution in [1.29, 1.82) is 0 Å². The Labute approximate surface area is 133 Å². The summed E-state index contributed by atoms with van der Waals surface area (Å²) in [5.74, 6) is -0.000119. The predicted molar refractivity (Wildman–Crippen MR) is 81.0 cm³/mol. The van der Waals surface area contributed by atoms with Crippen molar-refractivity contribution in [2.75, 3.05) is 6.61 Å². The molecular weight excluding hydrogens is 299 g/mol. The normalized spacial score (nSPS) is 14.0. The first-order chi connectivity index (χ1) is 11.1. The molecule has 6 nitrogen and oxygen atoms in total. The molecule has 1 aromatic heterocycles. The van der Waals surface area contributed by atoms with E-state index in [0.717, 1.165) is 5.69 Å². The third-order valence-corrected chi connectivity index (χ3v) is 3.85. The van der Waals surface area contributed by atoms with Crippen LogP contribution in [0, 0.1) is 11.7 Å². The monoisotopic (exact) mass is 318 g/mol. The minimum atomic E-state index is -0.354. The summed E-state index contributed by atoms with van der Waals surface area (Å²) in [7, 11) is 1.75. The smallest absolute Gasteiger partial charge is 0.251 e. The molecule has 1 aliphatic rings. The second-order valence-corrected chi connectivity index (χ2v) is 5.80. The summed E-state index contributed by atoms with van der Waals surface area (Å²) >= 11 is 0. The Kier molecular flexibility index (Phi) is 4.66. The number of aryl methyl sites for hydroxylation is 1. The number of ether oxygens (including phenoxy) is 1. The van der Waals surface area contributed by atoms with Crippen LogP contribution in [0.25, 0.3) is 0 Å². The molecule has 0 atom stereocenters. The van der Waals surface area contributed by atoms with E-state index in [1.807, 2.05) is 0 Å². The first kappa shape index (κ1) is 15.6. The van der Waals surface area contributed by atoms with Crippen LogP contribution < -0.4 is 5.32 Å². The average molecular weight is 318 g/mol. The van der Waals surface area contributed by atoms with Gasteiger partial charge in [0.2, 0.25) is 0 Å². The third kappa shape index (κ3) is 4.13. The lowest BCUT2D eigenvalue weighted by atomic mass is 10.1. The zero-order chi connectivity index (χ0) is 16.2.